The lowest BCUT2D eigenvalue weighted by Gasteiger charge is -2.14. The molecule has 0 saturated carbocycles. The van der Waals surface area contributed by atoms with E-state index in [1.165, 1.54) is 20.9 Å². The number of fused-ring (bicyclic) bond motifs is 1. The topological polar surface area (TPSA) is 42.7 Å². The van der Waals surface area contributed by atoms with E-state index in [4.69, 9.17) is 0 Å². The minimum absolute atomic E-state index is 0.335. The van der Waals surface area contributed by atoms with E-state index in [2.05, 4.69) is 60.7 Å². The molecule has 4 nitrogen and oxygen atoms in total. The Balaban J connectivity index is 1.79. The van der Waals surface area contributed by atoms with Gasteiger partial charge in [-0.3, -0.25) is 0 Å². The first-order valence-electron chi connectivity index (χ1n) is 7.14. The van der Waals surface area contributed by atoms with Gasteiger partial charge in [0.25, 0.3) is 0 Å². The van der Waals surface area contributed by atoms with Gasteiger partial charge in [-0.25, -0.2) is 4.68 Å². The summed E-state index contributed by atoms with van der Waals surface area (Å²) in [7, 11) is 1.92. The van der Waals surface area contributed by atoms with Gasteiger partial charge < -0.3 is 5.32 Å². The Labute approximate surface area is 128 Å². The maximum Gasteiger partial charge on any atom is 0.117 e. The highest BCUT2D eigenvalue weighted by molar-refractivity contribution is 7.12. The zero-order chi connectivity index (χ0) is 15.0. The number of hydrogen-bond acceptors (Lipinski definition) is 4. The average molecular weight is 300 g/mol. The summed E-state index contributed by atoms with van der Waals surface area (Å²) in [5.74, 6) is 0. The third-order valence-electron chi connectivity index (χ3n) is 3.87. The Bertz CT molecular complexity index is 772. The van der Waals surface area contributed by atoms with Gasteiger partial charge in [0.2, 0.25) is 0 Å². The number of benzene rings is 1. The normalized spacial score (nSPS) is 13.0. The molecule has 1 N–H and O–H groups in total. The summed E-state index contributed by atoms with van der Waals surface area (Å²) in [6, 6.07) is 8.84. The van der Waals surface area contributed by atoms with Gasteiger partial charge in [-0.2, -0.15) is 0 Å². The Morgan fingerprint density at radius 2 is 2.14 bits per heavy atom. The Morgan fingerprint density at radius 1 is 1.33 bits per heavy atom. The van der Waals surface area contributed by atoms with Gasteiger partial charge in [-0.15, -0.1) is 16.4 Å². The minimum atomic E-state index is 0.335. The fraction of sp³-hybridized carbons (Fsp3) is 0.375. The van der Waals surface area contributed by atoms with Crippen molar-refractivity contribution in [2.45, 2.75) is 33.4 Å². The third-order valence-corrected chi connectivity index (χ3v) is 4.85. The number of rotatable bonds is 4. The number of nitrogens with one attached hydrogen (secondary N) is 1. The molecule has 0 aliphatic heterocycles. The van der Waals surface area contributed by atoms with Crippen LogP contribution in [0.1, 0.15) is 33.8 Å². The number of aromatic nitrogens is 3. The van der Waals surface area contributed by atoms with Crippen molar-refractivity contribution in [3.63, 3.8) is 0 Å². The van der Waals surface area contributed by atoms with Crippen molar-refractivity contribution in [1.82, 2.24) is 20.3 Å². The molecule has 3 aromatic rings. The molecule has 2 aromatic heterocycles. The van der Waals surface area contributed by atoms with Crippen molar-refractivity contribution in [2.24, 2.45) is 7.05 Å². The van der Waals surface area contributed by atoms with E-state index >= 15 is 0 Å². The van der Waals surface area contributed by atoms with Crippen LogP contribution >= 0.6 is 11.3 Å². The molecule has 0 saturated heterocycles. The van der Waals surface area contributed by atoms with Gasteiger partial charge in [0.05, 0.1) is 5.52 Å². The Hall–Kier alpha value is -1.72. The molecule has 1 atom stereocenters. The second-order valence-electron chi connectivity index (χ2n) is 5.47. The molecule has 110 valence electrons. The van der Waals surface area contributed by atoms with Crippen LogP contribution in [0.15, 0.2) is 24.3 Å². The monoisotopic (exact) mass is 300 g/mol. The highest BCUT2D eigenvalue weighted by Crippen LogP contribution is 2.26. The predicted octanol–water partition coefficient (Wildman–Crippen LogP) is 3.50. The van der Waals surface area contributed by atoms with Crippen LogP contribution in [0, 0.1) is 13.8 Å². The van der Waals surface area contributed by atoms with Crippen LogP contribution in [-0.2, 0) is 13.6 Å². The van der Waals surface area contributed by atoms with Crippen LogP contribution in [0.5, 0.6) is 0 Å². The second kappa shape index (κ2) is 5.58. The molecule has 3 rings (SSSR count). The molecule has 0 spiro atoms. The highest BCUT2D eigenvalue weighted by Gasteiger charge is 2.12. The first-order valence-corrected chi connectivity index (χ1v) is 7.95. The molecule has 2 heterocycles. The van der Waals surface area contributed by atoms with Crippen molar-refractivity contribution >= 4 is 22.4 Å². The van der Waals surface area contributed by atoms with E-state index in [0.29, 0.717) is 6.04 Å². The first-order chi connectivity index (χ1) is 10.1. The van der Waals surface area contributed by atoms with E-state index in [1.807, 2.05) is 23.1 Å². The summed E-state index contributed by atoms with van der Waals surface area (Å²) in [6.07, 6.45) is 0. The number of hydrogen-bond donors (Lipinski definition) is 1. The molecule has 1 unspecified atom stereocenters. The van der Waals surface area contributed by atoms with Crippen LogP contribution in [0.3, 0.4) is 0 Å². The van der Waals surface area contributed by atoms with Crippen molar-refractivity contribution < 1.29 is 0 Å². The zero-order valence-corrected chi connectivity index (χ0v) is 13.7. The SMILES string of the molecule is Cc1cc(C(C)NCc2cccc3c2nnn3C)c(C)s1. The van der Waals surface area contributed by atoms with Crippen LogP contribution in [0.2, 0.25) is 0 Å². The first kappa shape index (κ1) is 14.2. The standard InChI is InChI=1S/C16H20N4S/c1-10-8-14(12(3)21-10)11(2)17-9-13-6-5-7-15-16(13)18-19-20(15)4/h5-8,11,17H,9H2,1-4H3. The summed E-state index contributed by atoms with van der Waals surface area (Å²) in [6.45, 7) is 7.36. The van der Waals surface area contributed by atoms with Gasteiger partial charge in [0.1, 0.15) is 5.52 Å². The maximum absolute atomic E-state index is 4.27. The summed E-state index contributed by atoms with van der Waals surface area (Å²) in [5, 5.41) is 12.0. The van der Waals surface area contributed by atoms with Gasteiger partial charge >= 0.3 is 0 Å². The van der Waals surface area contributed by atoms with Gasteiger partial charge in [0, 0.05) is 29.4 Å². The fourth-order valence-electron chi connectivity index (χ4n) is 2.71. The summed E-state index contributed by atoms with van der Waals surface area (Å²) >= 11 is 1.86. The summed E-state index contributed by atoms with van der Waals surface area (Å²) in [4.78, 5) is 2.76. The van der Waals surface area contributed by atoms with Gasteiger partial charge in [-0.1, -0.05) is 17.3 Å². The molecule has 0 aliphatic rings. The summed E-state index contributed by atoms with van der Waals surface area (Å²) in [5.41, 5.74) is 4.64. The zero-order valence-electron chi connectivity index (χ0n) is 12.8. The number of nitrogens with zero attached hydrogens (tertiary/aromatic N) is 3. The van der Waals surface area contributed by atoms with Crippen LogP contribution in [-0.4, -0.2) is 15.0 Å². The molecule has 0 amide bonds. The summed E-state index contributed by atoms with van der Waals surface area (Å²) < 4.78 is 1.81. The molecule has 1 aromatic carbocycles. The molecule has 0 fully saturated rings. The smallest absolute Gasteiger partial charge is 0.117 e. The average Bonchev–Trinajstić information content (AvgIpc) is 3.00. The molecule has 0 bridgehead atoms. The lowest BCUT2D eigenvalue weighted by atomic mass is 10.1. The Kier molecular flexibility index (Phi) is 3.78. The van der Waals surface area contributed by atoms with Crippen molar-refractivity contribution in [2.75, 3.05) is 0 Å². The lowest BCUT2D eigenvalue weighted by molar-refractivity contribution is 0.575. The van der Waals surface area contributed by atoms with E-state index in [0.717, 1.165) is 17.6 Å². The number of aryl methyl sites for hydroxylation is 3. The van der Waals surface area contributed by atoms with E-state index in [-0.39, 0.29) is 0 Å². The number of thiophene rings is 1. The molecular formula is C16H20N4S. The molecule has 0 aliphatic carbocycles. The van der Waals surface area contributed by atoms with Gasteiger partial charge in [0.15, 0.2) is 0 Å². The van der Waals surface area contributed by atoms with E-state index in [1.54, 1.807) is 0 Å². The van der Waals surface area contributed by atoms with Crippen molar-refractivity contribution in [3.8, 4) is 0 Å². The molecule has 21 heavy (non-hydrogen) atoms. The lowest BCUT2D eigenvalue weighted by Crippen LogP contribution is -2.18. The van der Waals surface area contributed by atoms with Crippen molar-refractivity contribution in [3.05, 3.63) is 45.1 Å². The Morgan fingerprint density at radius 3 is 2.86 bits per heavy atom. The van der Waals surface area contributed by atoms with Gasteiger partial charge in [-0.05, 0) is 44.0 Å². The van der Waals surface area contributed by atoms with Crippen LogP contribution in [0.4, 0.5) is 0 Å². The quantitative estimate of drug-likeness (QED) is 0.802. The predicted molar refractivity (Wildman–Crippen MR) is 87.6 cm³/mol. The fourth-order valence-corrected chi connectivity index (χ4v) is 3.73. The minimum Gasteiger partial charge on any atom is -0.306 e. The van der Waals surface area contributed by atoms with Crippen LogP contribution in [0.25, 0.3) is 11.0 Å². The maximum atomic E-state index is 4.27. The second-order valence-corrected chi connectivity index (χ2v) is 6.93. The van der Waals surface area contributed by atoms with E-state index < -0.39 is 0 Å². The largest absolute Gasteiger partial charge is 0.306 e. The van der Waals surface area contributed by atoms with Crippen molar-refractivity contribution in [1.29, 1.82) is 0 Å². The third kappa shape index (κ3) is 2.71. The van der Waals surface area contributed by atoms with Crippen LogP contribution < -0.4 is 5.32 Å². The molecule has 5 heteroatoms. The molecule has 0 radical (unpaired) electrons. The molecular weight excluding hydrogens is 280 g/mol. The van der Waals surface area contributed by atoms with E-state index in [9.17, 15) is 0 Å². The highest BCUT2D eigenvalue weighted by atomic mass is 32.1.